The van der Waals surface area contributed by atoms with Crippen molar-refractivity contribution in [2.45, 2.75) is 37.6 Å². The number of carbonyl (C=O) groups is 1. The molecule has 1 amide bonds. The molecule has 2 N–H and O–H groups in total. The summed E-state index contributed by atoms with van der Waals surface area (Å²) >= 11 is 7.44. The molecule has 0 fully saturated rings. The van der Waals surface area contributed by atoms with Crippen LogP contribution in [0, 0.1) is 0 Å². The van der Waals surface area contributed by atoms with Gasteiger partial charge in [-0.05, 0) is 24.3 Å². The number of rotatable bonds is 7. The lowest BCUT2D eigenvalue weighted by atomic mass is 10.2. The van der Waals surface area contributed by atoms with Gasteiger partial charge in [-0.3, -0.25) is 4.79 Å². The molecule has 0 saturated carbocycles. The third-order valence-electron chi connectivity index (χ3n) is 2.30. The third-order valence-corrected chi connectivity index (χ3v) is 3.49. The molecule has 0 atom stereocenters. The molecule has 1 rings (SSSR count). The van der Waals surface area contributed by atoms with E-state index in [1.807, 2.05) is 0 Å². The Morgan fingerprint density at radius 2 is 2.18 bits per heavy atom. The lowest BCUT2D eigenvalue weighted by Crippen LogP contribution is -2.11. The molecule has 94 valence electrons. The fourth-order valence-corrected chi connectivity index (χ4v) is 2.58. The summed E-state index contributed by atoms with van der Waals surface area (Å²) in [6.45, 7) is 2.19. The molecule has 0 aliphatic heterocycles. The highest BCUT2D eigenvalue weighted by Crippen LogP contribution is 2.21. The van der Waals surface area contributed by atoms with Crippen molar-refractivity contribution in [3.63, 3.8) is 0 Å². The van der Waals surface area contributed by atoms with Gasteiger partial charge in [0.2, 0.25) is 5.91 Å². The van der Waals surface area contributed by atoms with Crippen molar-refractivity contribution in [2.75, 3.05) is 5.75 Å². The van der Waals surface area contributed by atoms with Gasteiger partial charge in [0.25, 0.3) is 0 Å². The van der Waals surface area contributed by atoms with Crippen LogP contribution in [0.1, 0.15) is 43.0 Å². The molecule has 17 heavy (non-hydrogen) atoms. The SMILES string of the molecule is CCCCCCSc1cc(C(N)=O)cc(Cl)n1. The van der Waals surface area contributed by atoms with E-state index in [2.05, 4.69) is 11.9 Å². The van der Waals surface area contributed by atoms with E-state index in [1.165, 1.54) is 25.3 Å². The Bertz CT molecular complexity index is 385. The molecule has 0 radical (unpaired) electrons. The van der Waals surface area contributed by atoms with Crippen molar-refractivity contribution in [2.24, 2.45) is 5.73 Å². The normalized spacial score (nSPS) is 10.5. The third kappa shape index (κ3) is 5.41. The zero-order valence-corrected chi connectivity index (χ0v) is 11.5. The fourth-order valence-electron chi connectivity index (χ4n) is 1.39. The minimum atomic E-state index is -0.470. The van der Waals surface area contributed by atoms with Gasteiger partial charge in [0.1, 0.15) is 5.15 Å². The van der Waals surface area contributed by atoms with E-state index in [9.17, 15) is 4.79 Å². The Morgan fingerprint density at radius 3 is 2.82 bits per heavy atom. The molecule has 0 unspecified atom stereocenters. The predicted octanol–water partition coefficient (Wildman–Crippen LogP) is 3.51. The van der Waals surface area contributed by atoms with Crippen LogP contribution >= 0.6 is 23.4 Å². The Kier molecular flexibility index (Phi) is 6.37. The van der Waals surface area contributed by atoms with E-state index in [-0.39, 0.29) is 0 Å². The van der Waals surface area contributed by atoms with Gasteiger partial charge in [0.15, 0.2) is 0 Å². The topological polar surface area (TPSA) is 56.0 Å². The standard InChI is InChI=1S/C12H17ClN2OS/c1-2-3-4-5-6-17-11-8-9(12(14)16)7-10(13)15-11/h7-8H,2-6H2,1H3,(H2,14,16). The monoisotopic (exact) mass is 272 g/mol. The molecule has 0 saturated heterocycles. The number of halogens is 1. The highest BCUT2D eigenvalue weighted by atomic mass is 35.5. The van der Waals surface area contributed by atoms with Crippen LogP contribution in [0.3, 0.4) is 0 Å². The summed E-state index contributed by atoms with van der Waals surface area (Å²) in [7, 11) is 0. The largest absolute Gasteiger partial charge is 0.366 e. The first-order valence-electron chi connectivity index (χ1n) is 5.73. The number of hydrogen-bond donors (Lipinski definition) is 1. The number of thioether (sulfide) groups is 1. The van der Waals surface area contributed by atoms with Gasteiger partial charge in [-0.15, -0.1) is 11.8 Å². The summed E-state index contributed by atoms with van der Waals surface area (Å²) in [5.74, 6) is 0.521. The number of pyridine rings is 1. The minimum absolute atomic E-state index is 0.317. The number of carbonyl (C=O) groups excluding carboxylic acids is 1. The Hall–Kier alpha value is -0.740. The number of hydrogen-bond acceptors (Lipinski definition) is 3. The van der Waals surface area contributed by atoms with Crippen LogP contribution < -0.4 is 5.73 Å². The Balaban J connectivity index is 2.50. The number of nitrogens with two attached hydrogens (primary N) is 1. The quantitative estimate of drug-likeness (QED) is 0.469. The van der Waals surface area contributed by atoms with E-state index >= 15 is 0 Å². The first kappa shape index (κ1) is 14.3. The van der Waals surface area contributed by atoms with Crippen LogP contribution in [0.15, 0.2) is 17.2 Å². The van der Waals surface area contributed by atoms with E-state index in [0.29, 0.717) is 10.7 Å². The highest BCUT2D eigenvalue weighted by molar-refractivity contribution is 7.99. The van der Waals surface area contributed by atoms with Crippen molar-refractivity contribution in [3.05, 3.63) is 22.8 Å². The molecule has 0 aromatic carbocycles. The number of primary amides is 1. The molecule has 0 aliphatic rings. The summed E-state index contributed by atoms with van der Waals surface area (Å²) in [6, 6.07) is 3.18. The van der Waals surface area contributed by atoms with Gasteiger partial charge in [-0.1, -0.05) is 37.8 Å². The molecular weight excluding hydrogens is 256 g/mol. The second-order valence-electron chi connectivity index (χ2n) is 3.79. The zero-order chi connectivity index (χ0) is 12.7. The maximum atomic E-state index is 11.0. The van der Waals surface area contributed by atoms with Crippen molar-refractivity contribution >= 4 is 29.3 Å². The Labute approximate surface area is 111 Å². The smallest absolute Gasteiger partial charge is 0.248 e. The van der Waals surface area contributed by atoms with Crippen LogP contribution in [0.4, 0.5) is 0 Å². The molecule has 1 heterocycles. The van der Waals surface area contributed by atoms with Gasteiger partial charge in [-0.25, -0.2) is 4.98 Å². The molecule has 0 spiro atoms. The zero-order valence-electron chi connectivity index (χ0n) is 9.91. The Morgan fingerprint density at radius 1 is 1.41 bits per heavy atom. The average Bonchev–Trinajstić information content (AvgIpc) is 2.28. The number of amides is 1. The van der Waals surface area contributed by atoms with Gasteiger partial charge in [0.05, 0.1) is 5.03 Å². The van der Waals surface area contributed by atoms with E-state index in [0.717, 1.165) is 17.2 Å². The maximum Gasteiger partial charge on any atom is 0.248 e. The minimum Gasteiger partial charge on any atom is -0.366 e. The average molecular weight is 273 g/mol. The van der Waals surface area contributed by atoms with E-state index < -0.39 is 5.91 Å². The first-order chi connectivity index (χ1) is 8.13. The predicted molar refractivity (Wildman–Crippen MR) is 72.6 cm³/mol. The molecule has 0 bridgehead atoms. The van der Waals surface area contributed by atoms with Crippen molar-refractivity contribution in [1.82, 2.24) is 4.98 Å². The summed E-state index contributed by atoms with van der Waals surface area (Å²) in [6.07, 6.45) is 4.87. The van der Waals surface area contributed by atoms with Crippen LogP contribution in [0.2, 0.25) is 5.15 Å². The fraction of sp³-hybridized carbons (Fsp3) is 0.500. The number of aromatic nitrogens is 1. The van der Waals surface area contributed by atoms with E-state index in [4.69, 9.17) is 17.3 Å². The van der Waals surface area contributed by atoms with Crippen LogP contribution in [0.5, 0.6) is 0 Å². The molecule has 5 heteroatoms. The van der Waals surface area contributed by atoms with Crippen molar-refractivity contribution < 1.29 is 4.79 Å². The number of nitrogens with zero attached hydrogens (tertiary/aromatic N) is 1. The summed E-state index contributed by atoms with van der Waals surface area (Å²) in [5, 5.41) is 1.08. The molecule has 1 aromatic rings. The lowest BCUT2D eigenvalue weighted by molar-refractivity contribution is 0.1000. The van der Waals surface area contributed by atoms with Crippen molar-refractivity contribution in [3.8, 4) is 0 Å². The maximum absolute atomic E-state index is 11.0. The van der Waals surface area contributed by atoms with Gasteiger partial charge >= 0.3 is 0 Å². The summed E-state index contributed by atoms with van der Waals surface area (Å²) in [4.78, 5) is 15.2. The second-order valence-corrected chi connectivity index (χ2v) is 5.29. The van der Waals surface area contributed by atoms with Crippen LogP contribution in [-0.4, -0.2) is 16.6 Å². The highest BCUT2D eigenvalue weighted by Gasteiger charge is 2.06. The van der Waals surface area contributed by atoms with E-state index in [1.54, 1.807) is 17.8 Å². The van der Waals surface area contributed by atoms with Crippen molar-refractivity contribution in [1.29, 1.82) is 0 Å². The number of unbranched alkanes of at least 4 members (excludes halogenated alkanes) is 3. The molecular formula is C12H17ClN2OS. The van der Waals surface area contributed by atoms with Crippen LogP contribution in [-0.2, 0) is 0 Å². The van der Waals surface area contributed by atoms with Gasteiger partial charge < -0.3 is 5.73 Å². The first-order valence-corrected chi connectivity index (χ1v) is 7.10. The summed E-state index contributed by atoms with van der Waals surface area (Å²) in [5.41, 5.74) is 5.63. The lowest BCUT2D eigenvalue weighted by Gasteiger charge is -2.03. The molecule has 3 nitrogen and oxygen atoms in total. The van der Waals surface area contributed by atoms with Gasteiger partial charge in [-0.2, -0.15) is 0 Å². The molecule has 0 aliphatic carbocycles. The van der Waals surface area contributed by atoms with Crippen LogP contribution in [0.25, 0.3) is 0 Å². The molecule has 1 aromatic heterocycles. The second kappa shape index (κ2) is 7.56. The summed E-state index contributed by atoms with van der Waals surface area (Å²) < 4.78 is 0. The van der Waals surface area contributed by atoms with Gasteiger partial charge in [0, 0.05) is 5.56 Å².